The Kier molecular flexibility index (Phi) is 7.27. The van der Waals surface area contributed by atoms with Crippen LogP contribution in [-0.2, 0) is 31.4 Å². The molecule has 0 fully saturated rings. The third-order valence-electron chi connectivity index (χ3n) is 9.25. The van der Waals surface area contributed by atoms with Gasteiger partial charge in [0, 0.05) is 38.7 Å². The first-order chi connectivity index (χ1) is 21.4. The largest absolute Gasteiger partial charge is 0.494 e. The van der Waals surface area contributed by atoms with E-state index in [1.54, 1.807) is 0 Å². The number of amides is 1. The number of carboxylic acids is 1. The summed E-state index contributed by atoms with van der Waals surface area (Å²) in [4.78, 5) is 32.5. The molecular formula is C34H36N6O4. The summed E-state index contributed by atoms with van der Waals surface area (Å²) in [5, 5.41) is 18.9. The van der Waals surface area contributed by atoms with Crippen LogP contribution in [0.5, 0.6) is 5.75 Å². The zero-order valence-corrected chi connectivity index (χ0v) is 25.1. The first-order valence-electron chi connectivity index (χ1n) is 15.4. The Balaban J connectivity index is 1.29. The quantitative estimate of drug-likeness (QED) is 0.293. The number of fused-ring (bicyclic) bond motifs is 7. The van der Waals surface area contributed by atoms with Gasteiger partial charge in [0.25, 0.3) is 5.91 Å². The van der Waals surface area contributed by atoms with Gasteiger partial charge in [0.1, 0.15) is 11.3 Å². The van der Waals surface area contributed by atoms with Crippen molar-refractivity contribution in [1.82, 2.24) is 29.4 Å². The van der Waals surface area contributed by atoms with Gasteiger partial charge in [0.2, 0.25) is 0 Å². The van der Waals surface area contributed by atoms with E-state index in [-0.39, 0.29) is 18.2 Å². The Hall–Kier alpha value is -4.73. The maximum absolute atomic E-state index is 13.8. The van der Waals surface area contributed by atoms with Crippen molar-refractivity contribution in [2.24, 2.45) is 7.05 Å². The fraction of sp³-hybridized carbons (Fsp3) is 0.382. The average molecular weight is 593 g/mol. The number of carbonyl (C=O) groups is 2. The van der Waals surface area contributed by atoms with E-state index in [0.717, 1.165) is 88.7 Å². The first kappa shape index (κ1) is 28.1. The van der Waals surface area contributed by atoms with Gasteiger partial charge in [0.15, 0.2) is 5.82 Å². The van der Waals surface area contributed by atoms with E-state index in [9.17, 15) is 14.7 Å². The standard InChI is InChI=1S/C34H36N6O4/c1-21-26-10-12-30-32(21)36-37-40(30)14-5-3-4-6-16-44-25-9-11-29-28(18-25)35-33(38(29)2)34(43)39-15-13-22-7-8-23(17-24(22)20-39)27(26)19-31(41)42/h7-12,17-18,27H,3-6,13-16,19-20H2,1-2H3,(H,41,42). The van der Waals surface area contributed by atoms with Crippen molar-refractivity contribution in [3.05, 3.63) is 82.2 Å². The maximum atomic E-state index is 13.8. The summed E-state index contributed by atoms with van der Waals surface area (Å²) in [5.74, 6) is -0.199. The lowest BCUT2D eigenvalue weighted by Crippen LogP contribution is -2.37. The van der Waals surface area contributed by atoms with Gasteiger partial charge in [0.05, 0.1) is 29.6 Å². The SMILES string of the molecule is Cc1c2ccc3c1nnn3CCCCCCOc1ccc3c(c1)nc(n3C)C(=O)N1CCc3ccc(cc3C1)C2CC(=O)O. The highest BCUT2D eigenvalue weighted by Crippen LogP contribution is 2.35. The Bertz CT molecular complexity index is 1910. The van der Waals surface area contributed by atoms with Crippen molar-refractivity contribution in [2.45, 2.75) is 64.5 Å². The van der Waals surface area contributed by atoms with Crippen LogP contribution in [-0.4, -0.2) is 59.6 Å². The highest BCUT2D eigenvalue weighted by molar-refractivity contribution is 5.95. The van der Waals surface area contributed by atoms with Gasteiger partial charge in [-0.05, 0) is 78.6 Å². The monoisotopic (exact) mass is 592 g/mol. The zero-order chi connectivity index (χ0) is 30.4. The summed E-state index contributed by atoms with van der Waals surface area (Å²) in [6.45, 7) is 4.42. The highest BCUT2D eigenvalue weighted by atomic mass is 16.5. The lowest BCUT2D eigenvalue weighted by Gasteiger charge is -2.30. The Morgan fingerprint density at radius 1 is 1.00 bits per heavy atom. The zero-order valence-electron chi connectivity index (χ0n) is 25.1. The van der Waals surface area contributed by atoms with E-state index in [2.05, 4.69) is 22.4 Å². The molecule has 5 heterocycles. The smallest absolute Gasteiger partial charge is 0.304 e. The normalized spacial score (nSPS) is 17.6. The molecule has 10 nitrogen and oxygen atoms in total. The molecule has 3 aromatic carbocycles. The van der Waals surface area contributed by atoms with E-state index in [1.165, 1.54) is 5.56 Å². The van der Waals surface area contributed by atoms with E-state index in [0.29, 0.717) is 25.5 Å². The fourth-order valence-corrected chi connectivity index (χ4v) is 6.78. The molecule has 5 aromatic rings. The van der Waals surface area contributed by atoms with Crippen LogP contribution in [0.1, 0.15) is 76.5 Å². The summed E-state index contributed by atoms with van der Waals surface area (Å²) < 4.78 is 9.85. The summed E-state index contributed by atoms with van der Waals surface area (Å²) in [6.07, 6.45) is 4.67. The molecule has 1 unspecified atom stereocenters. The number of ether oxygens (including phenoxy) is 1. The van der Waals surface area contributed by atoms with E-state index >= 15 is 0 Å². The van der Waals surface area contributed by atoms with E-state index in [1.807, 2.05) is 64.5 Å². The molecule has 1 atom stereocenters. The number of carboxylic acid groups (broad SMARTS) is 1. The predicted octanol–water partition coefficient (Wildman–Crippen LogP) is 5.38. The van der Waals surface area contributed by atoms with Crippen LogP contribution < -0.4 is 4.74 Å². The molecule has 10 heteroatoms. The summed E-state index contributed by atoms with van der Waals surface area (Å²) in [5.41, 5.74) is 8.40. The van der Waals surface area contributed by atoms with E-state index in [4.69, 9.17) is 9.72 Å². The minimum atomic E-state index is -0.865. The summed E-state index contributed by atoms with van der Waals surface area (Å²) >= 11 is 0. The number of aromatic nitrogens is 5. The molecule has 0 saturated carbocycles. The van der Waals surface area contributed by atoms with Crippen LogP contribution in [0.3, 0.4) is 0 Å². The number of hydrogen-bond acceptors (Lipinski definition) is 6. The molecule has 10 bridgehead atoms. The van der Waals surface area contributed by atoms with Crippen molar-refractivity contribution >= 4 is 33.9 Å². The minimum absolute atomic E-state index is 0.0481. The lowest BCUT2D eigenvalue weighted by molar-refractivity contribution is -0.137. The van der Waals surface area contributed by atoms with Crippen LogP contribution in [0.2, 0.25) is 0 Å². The highest BCUT2D eigenvalue weighted by Gasteiger charge is 2.28. The first-order valence-corrected chi connectivity index (χ1v) is 15.4. The third-order valence-corrected chi connectivity index (χ3v) is 9.25. The molecule has 8 rings (SSSR count). The molecule has 0 aliphatic carbocycles. The number of hydrogen-bond donors (Lipinski definition) is 1. The fourth-order valence-electron chi connectivity index (χ4n) is 6.78. The minimum Gasteiger partial charge on any atom is -0.494 e. The van der Waals surface area contributed by atoms with Crippen molar-refractivity contribution < 1.29 is 19.4 Å². The molecule has 0 saturated heterocycles. The van der Waals surface area contributed by atoms with Crippen molar-refractivity contribution in [3.8, 4) is 5.75 Å². The second kappa shape index (κ2) is 11.4. The third kappa shape index (κ3) is 5.08. The molecular weight excluding hydrogens is 556 g/mol. The average Bonchev–Trinajstić information content (AvgIpc) is 3.59. The van der Waals surface area contributed by atoms with Gasteiger partial charge in [-0.2, -0.15) is 0 Å². The number of rotatable bonds is 2. The second-order valence-corrected chi connectivity index (χ2v) is 12.0. The molecule has 226 valence electrons. The predicted molar refractivity (Wildman–Crippen MR) is 166 cm³/mol. The van der Waals surface area contributed by atoms with Crippen LogP contribution >= 0.6 is 0 Å². The lowest BCUT2D eigenvalue weighted by atomic mass is 9.83. The van der Waals surface area contributed by atoms with E-state index < -0.39 is 5.97 Å². The molecule has 0 spiro atoms. The summed E-state index contributed by atoms with van der Waals surface area (Å²) in [6, 6.07) is 16.1. The van der Waals surface area contributed by atoms with Gasteiger partial charge in [-0.25, -0.2) is 9.67 Å². The van der Waals surface area contributed by atoms with Gasteiger partial charge in [-0.3, -0.25) is 9.59 Å². The number of imidazole rings is 1. The molecule has 0 radical (unpaired) electrons. The molecule has 1 N–H and O–H groups in total. The van der Waals surface area contributed by atoms with Gasteiger partial charge < -0.3 is 19.3 Å². The Labute approximate surface area is 255 Å². The molecule has 3 aliphatic heterocycles. The van der Waals surface area contributed by atoms with Gasteiger partial charge in [-0.15, -0.1) is 5.10 Å². The molecule has 1 amide bonds. The number of nitrogens with zero attached hydrogens (tertiary/aromatic N) is 6. The Morgan fingerprint density at radius 3 is 2.70 bits per heavy atom. The van der Waals surface area contributed by atoms with Crippen molar-refractivity contribution in [1.29, 1.82) is 0 Å². The number of aryl methyl sites for hydroxylation is 3. The molecule has 2 aromatic heterocycles. The molecule has 3 aliphatic rings. The van der Waals surface area contributed by atoms with Crippen LogP contribution in [0.4, 0.5) is 0 Å². The van der Waals surface area contributed by atoms with Gasteiger partial charge >= 0.3 is 5.97 Å². The Morgan fingerprint density at radius 2 is 1.84 bits per heavy atom. The second-order valence-electron chi connectivity index (χ2n) is 12.0. The number of aliphatic carboxylic acids is 1. The molecule has 44 heavy (non-hydrogen) atoms. The van der Waals surface area contributed by atoms with Crippen molar-refractivity contribution in [3.63, 3.8) is 0 Å². The number of benzene rings is 3. The van der Waals surface area contributed by atoms with Crippen LogP contribution in [0.15, 0.2) is 48.5 Å². The summed E-state index contributed by atoms with van der Waals surface area (Å²) in [7, 11) is 1.87. The van der Waals surface area contributed by atoms with Crippen molar-refractivity contribution in [2.75, 3.05) is 13.2 Å². The maximum Gasteiger partial charge on any atom is 0.304 e. The van der Waals surface area contributed by atoms with Crippen LogP contribution in [0, 0.1) is 6.92 Å². The number of carbonyl (C=O) groups excluding carboxylic acids is 1. The van der Waals surface area contributed by atoms with Gasteiger partial charge in [-0.1, -0.05) is 35.9 Å². The topological polar surface area (TPSA) is 115 Å². The van der Waals surface area contributed by atoms with Crippen LogP contribution in [0.25, 0.3) is 22.1 Å².